The highest BCUT2D eigenvalue weighted by molar-refractivity contribution is 7.11. The third-order valence-corrected chi connectivity index (χ3v) is 2.74. The summed E-state index contributed by atoms with van der Waals surface area (Å²) in [5.74, 6) is 4.62. The molecule has 0 saturated carbocycles. The first-order valence-electron chi connectivity index (χ1n) is 5.38. The van der Waals surface area contributed by atoms with Crippen LogP contribution in [0.5, 0.6) is 0 Å². The van der Waals surface area contributed by atoms with Crippen molar-refractivity contribution in [3.8, 4) is 0 Å². The van der Waals surface area contributed by atoms with Gasteiger partial charge in [0.05, 0.1) is 25.5 Å². The molecule has 0 fully saturated rings. The first-order chi connectivity index (χ1) is 8.27. The number of rotatable bonds is 8. The Kier molecular flexibility index (Phi) is 6.71. The SMILES string of the molecule is CCCOCCOCc1csc(C(=O)NN)n1. The standard InChI is InChI=1S/C10H17N3O3S/c1-2-3-15-4-5-16-6-8-7-17-10(12-8)9(14)13-11/h7H,2-6,11H2,1H3,(H,13,14). The first kappa shape index (κ1) is 14.0. The summed E-state index contributed by atoms with van der Waals surface area (Å²) in [4.78, 5) is 15.2. The van der Waals surface area contributed by atoms with Crippen LogP contribution in [0.4, 0.5) is 0 Å². The van der Waals surface area contributed by atoms with Crippen molar-refractivity contribution >= 4 is 17.2 Å². The van der Waals surface area contributed by atoms with Gasteiger partial charge in [-0.25, -0.2) is 10.8 Å². The number of thiazole rings is 1. The van der Waals surface area contributed by atoms with Gasteiger partial charge in [-0.2, -0.15) is 0 Å². The van der Waals surface area contributed by atoms with Crippen molar-refractivity contribution in [1.82, 2.24) is 10.4 Å². The van der Waals surface area contributed by atoms with Gasteiger partial charge < -0.3 is 9.47 Å². The fourth-order valence-corrected chi connectivity index (χ4v) is 1.78. The summed E-state index contributed by atoms with van der Waals surface area (Å²) in [6, 6.07) is 0. The van der Waals surface area contributed by atoms with E-state index in [-0.39, 0.29) is 5.91 Å². The summed E-state index contributed by atoms with van der Waals surface area (Å²) in [6.07, 6.45) is 1.00. The number of hydrogen-bond acceptors (Lipinski definition) is 6. The molecule has 0 bridgehead atoms. The molecule has 1 amide bonds. The lowest BCUT2D eigenvalue weighted by molar-refractivity contribution is 0.0398. The highest BCUT2D eigenvalue weighted by Gasteiger charge is 2.09. The second-order valence-corrected chi connectivity index (χ2v) is 4.14. The Balaban J connectivity index is 2.19. The predicted molar refractivity (Wildman–Crippen MR) is 64.5 cm³/mol. The van der Waals surface area contributed by atoms with Gasteiger partial charge in [-0.3, -0.25) is 10.2 Å². The van der Waals surface area contributed by atoms with E-state index in [9.17, 15) is 4.79 Å². The number of carbonyl (C=O) groups excluding carboxylic acids is 1. The van der Waals surface area contributed by atoms with Crippen LogP contribution in [0.25, 0.3) is 0 Å². The summed E-state index contributed by atoms with van der Waals surface area (Å²) in [6.45, 7) is 4.29. The third-order valence-electron chi connectivity index (χ3n) is 1.85. The Hall–Kier alpha value is -1.02. The first-order valence-corrected chi connectivity index (χ1v) is 6.26. The van der Waals surface area contributed by atoms with E-state index in [1.54, 1.807) is 5.38 Å². The van der Waals surface area contributed by atoms with Gasteiger partial charge in [0.25, 0.3) is 5.91 Å². The molecule has 0 aliphatic carbocycles. The predicted octanol–water partition coefficient (Wildman–Crippen LogP) is 0.690. The lowest BCUT2D eigenvalue weighted by Gasteiger charge is -2.02. The highest BCUT2D eigenvalue weighted by Crippen LogP contribution is 2.10. The van der Waals surface area contributed by atoms with Crippen LogP contribution in [0.1, 0.15) is 28.8 Å². The summed E-state index contributed by atoms with van der Waals surface area (Å²) in [5, 5.41) is 2.12. The van der Waals surface area contributed by atoms with E-state index in [1.165, 1.54) is 11.3 Å². The van der Waals surface area contributed by atoms with E-state index < -0.39 is 0 Å². The van der Waals surface area contributed by atoms with Gasteiger partial charge in [0.1, 0.15) is 0 Å². The van der Waals surface area contributed by atoms with Crippen LogP contribution >= 0.6 is 11.3 Å². The van der Waals surface area contributed by atoms with Crippen LogP contribution in [0.15, 0.2) is 5.38 Å². The van der Waals surface area contributed by atoms with Crippen LogP contribution < -0.4 is 11.3 Å². The van der Waals surface area contributed by atoms with Gasteiger partial charge in [0.2, 0.25) is 0 Å². The van der Waals surface area contributed by atoms with Gasteiger partial charge in [-0.1, -0.05) is 6.92 Å². The molecule has 0 spiro atoms. The molecular weight excluding hydrogens is 242 g/mol. The number of carbonyl (C=O) groups is 1. The van der Waals surface area contributed by atoms with Crippen molar-refractivity contribution in [2.24, 2.45) is 5.84 Å². The Bertz CT molecular complexity index is 343. The van der Waals surface area contributed by atoms with Crippen LogP contribution in [0.3, 0.4) is 0 Å². The molecule has 96 valence electrons. The number of hydrogen-bond donors (Lipinski definition) is 2. The number of nitrogens with two attached hydrogens (primary N) is 1. The van der Waals surface area contributed by atoms with E-state index in [0.717, 1.165) is 18.7 Å². The number of aromatic nitrogens is 1. The smallest absolute Gasteiger partial charge is 0.294 e. The van der Waals surface area contributed by atoms with Crippen LogP contribution in [-0.4, -0.2) is 30.7 Å². The zero-order valence-electron chi connectivity index (χ0n) is 9.77. The molecule has 1 aromatic rings. The Morgan fingerprint density at radius 1 is 1.47 bits per heavy atom. The maximum atomic E-state index is 11.1. The Labute approximate surface area is 104 Å². The minimum Gasteiger partial charge on any atom is -0.379 e. The summed E-state index contributed by atoms with van der Waals surface area (Å²) in [5.41, 5.74) is 2.76. The van der Waals surface area contributed by atoms with Crippen molar-refractivity contribution < 1.29 is 14.3 Å². The number of nitrogens with zero attached hydrogens (tertiary/aromatic N) is 1. The van der Waals surface area contributed by atoms with Crippen LogP contribution in [-0.2, 0) is 16.1 Å². The van der Waals surface area contributed by atoms with E-state index >= 15 is 0 Å². The van der Waals surface area contributed by atoms with E-state index in [4.69, 9.17) is 15.3 Å². The lowest BCUT2D eigenvalue weighted by atomic mass is 10.5. The third kappa shape index (κ3) is 5.22. The molecule has 0 atom stereocenters. The number of nitrogens with one attached hydrogen (secondary N) is 1. The molecule has 0 unspecified atom stereocenters. The average Bonchev–Trinajstić information content (AvgIpc) is 2.81. The quantitative estimate of drug-likeness (QED) is 0.310. The van der Waals surface area contributed by atoms with E-state index in [1.807, 2.05) is 5.43 Å². The summed E-state index contributed by atoms with van der Waals surface area (Å²) >= 11 is 1.24. The van der Waals surface area contributed by atoms with Crippen molar-refractivity contribution in [2.75, 3.05) is 19.8 Å². The fourth-order valence-electron chi connectivity index (χ4n) is 1.08. The second kappa shape index (κ2) is 8.13. The summed E-state index contributed by atoms with van der Waals surface area (Å²) in [7, 11) is 0. The highest BCUT2D eigenvalue weighted by atomic mass is 32.1. The van der Waals surface area contributed by atoms with Gasteiger partial charge >= 0.3 is 0 Å². The zero-order valence-corrected chi connectivity index (χ0v) is 10.6. The van der Waals surface area contributed by atoms with Crippen molar-refractivity contribution in [1.29, 1.82) is 0 Å². The number of nitrogen functional groups attached to an aromatic ring is 1. The summed E-state index contributed by atoms with van der Waals surface area (Å²) < 4.78 is 10.6. The lowest BCUT2D eigenvalue weighted by Crippen LogP contribution is -2.29. The van der Waals surface area contributed by atoms with Gasteiger partial charge in [0.15, 0.2) is 5.01 Å². The van der Waals surface area contributed by atoms with E-state index in [0.29, 0.717) is 24.8 Å². The second-order valence-electron chi connectivity index (χ2n) is 3.28. The largest absolute Gasteiger partial charge is 0.379 e. The fraction of sp³-hybridized carbons (Fsp3) is 0.600. The number of ether oxygens (including phenoxy) is 2. The van der Waals surface area contributed by atoms with E-state index in [2.05, 4.69) is 11.9 Å². The minimum atomic E-state index is -0.382. The molecule has 1 heterocycles. The molecule has 7 heteroatoms. The maximum absolute atomic E-state index is 11.1. The zero-order chi connectivity index (χ0) is 12.5. The van der Waals surface area contributed by atoms with Crippen LogP contribution in [0, 0.1) is 0 Å². The molecule has 1 aromatic heterocycles. The van der Waals surface area contributed by atoms with Gasteiger partial charge in [-0.05, 0) is 6.42 Å². The molecule has 1 rings (SSSR count). The van der Waals surface area contributed by atoms with Gasteiger partial charge in [0, 0.05) is 12.0 Å². The molecule has 6 nitrogen and oxygen atoms in total. The topological polar surface area (TPSA) is 86.5 Å². The molecule has 0 saturated heterocycles. The molecular formula is C10H17N3O3S. The average molecular weight is 259 g/mol. The number of hydrazine groups is 1. The maximum Gasteiger partial charge on any atom is 0.294 e. The Morgan fingerprint density at radius 3 is 2.94 bits per heavy atom. The van der Waals surface area contributed by atoms with Crippen molar-refractivity contribution in [3.05, 3.63) is 16.1 Å². The molecule has 3 N–H and O–H groups in total. The van der Waals surface area contributed by atoms with Gasteiger partial charge in [-0.15, -0.1) is 11.3 Å². The molecule has 0 aromatic carbocycles. The molecule has 0 aliphatic rings. The molecule has 0 radical (unpaired) electrons. The monoisotopic (exact) mass is 259 g/mol. The molecule has 17 heavy (non-hydrogen) atoms. The Morgan fingerprint density at radius 2 is 2.24 bits per heavy atom. The van der Waals surface area contributed by atoms with Crippen molar-refractivity contribution in [2.45, 2.75) is 20.0 Å². The van der Waals surface area contributed by atoms with Crippen LogP contribution in [0.2, 0.25) is 0 Å². The number of amides is 1. The van der Waals surface area contributed by atoms with Crippen molar-refractivity contribution in [3.63, 3.8) is 0 Å². The molecule has 0 aliphatic heterocycles. The minimum absolute atomic E-state index is 0.341. The normalized spacial score (nSPS) is 10.5.